The number of rotatable bonds is 15. The lowest BCUT2D eigenvalue weighted by Crippen LogP contribution is -1.90. The highest BCUT2D eigenvalue weighted by atomic mass is 31.2. The molecule has 1 saturated heterocycles. The molecular formula is C18H37O3P. The zero-order chi connectivity index (χ0) is 15.9. The van der Waals surface area contributed by atoms with Gasteiger partial charge in [0.15, 0.2) is 0 Å². The normalized spacial score (nSPS) is 17.1. The molecule has 0 aromatic rings. The molecule has 1 aliphatic rings. The van der Waals surface area contributed by atoms with E-state index in [-0.39, 0.29) is 0 Å². The van der Waals surface area contributed by atoms with Crippen LogP contribution in [-0.2, 0) is 13.6 Å². The van der Waals surface area contributed by atoms with Gasteiger partial charge in [-0.1, -0.05) is 90.4 Å². The zero-order valence-electron chi connectivity index (χ0n) is 14.7. The van der Waals surface area contributed by atoms with Crippen molar-refractivity contribution >= 4 is 7.60 Å². The van der Waals surface area contributed by atoms with Crippen LogP contribution in [0.3, 0.4) is 0 Å². The first-order chi connectivity index (χ1) is 10.8. The van der Waals surface area contributed by atoms with Crippen molar-refractivity contribution in [2.24, 2.45) is 0 Å². The van der Waals surface area contributed by atoms with E-state index < -0.39 is 7.60 Å². The van der Waals surface area contributed by atoms with E-state index >= 15 is 0 Å². The molecular weight excluding hydrogens is 295 g/mol. The van der Waals surface area contributed by atoms with Gasteiger partial charge in [0, 0.05) is 0 Å². The predicted molar refractivity (Wildman–Crippen MR) is 94.7 cm³/mol. The average Bonchev–Trinajstić information content (AvgIpc) is 2.94. The molecule has 0 radical (unpaired) electrons. The van der Waals surface area contributed by atoms with Gasteiger partial charge < -0.3 is 9.05 Å². The Morgan fingerprint density at radius 1 is 0.636 bits per heavy atom. The lowest BCUT2D eigenvalue weighted by atomic mass is 10.0. The van der Waals surface area contributed by atoms with Crippen LogP contribution in [0.15, 0.2) is 0 Å². The molecule has 0 atom stereocenters. The molecule has 1 heterocycles. The topological polar surface area (TPSA) is 35.5 Å². The molecule has 1 rings (SSSR count). The monoisotopic (exact) mass is 332 g/mol. The molecule has 3 nitrogen and oxygen atoms in total. The van der Waals surface area contributed by atoms with Crippen molar-refractivity contribution in [1.82, 2.24) is 0 Å². The third-order valence-electron chi connectivity index (χ3n) is 4.44. The van der Waals surface area contributed by atoms with Gasteiger partial charge in [0.05, 0.1) is 19.4 Å². The van der Waals surface area contributed by atoms with Crippen LogP contribution in [-0.4, -0.2) is 19.4 Å². The quantitative estimate of drug-likeness (QED) is 0.247. The molecule has 1 fully saturated rings. The zero-order valence-corrected chi connectivity index (χ0v) is 15.6. The molecule has 0 saturated carbocycles. The van der Waals surface area contributed by atoms with E-state index in [2.05, 4.69) is 6.92 Å². The maximum Gasteiger partial charge on any atom is 0.330 e. The summed E-state index contributed by atoms with van der Waals surface area (Å²) in [5.74, 6) is 0. The molecule has 4 heteroatoms. The van der Waals surface area contributed by atoms with Crippen LogP contribution in [0.2, 0.25) is 0 Å². The van der Waals surface area contributed by atoms with Crippen molar-refractivity contribution in [3.05, 3.63) is 0 Å². The van der Waals surface area contributed by atoms with Gasteiger partial charge in [-0.15, -0.1) is 0 Å². The first-order valence-corrected chi connectivity index (χ1v) is 11.4. The lowest BCUT2D eigenvalue weighted by Gasteiger charge is -2.08. The van der Waals surface area contributed by atoms with Gasteiger partial charge in [-0.3, -0.25) is 4.57 Å². The van der Waals surface area contributed by atoms with E-state index in [1.807, 2.05) is 0 Å². The largest absolute Gasteiger partial charge is 0.330 e. The second-order valence-corrected chi connectivity index (χ2v) is 8.78. The summed E-state index contributed by atoms with van der Waals surface area (Å²) in [6.45, 7) is 3.29. The predicted octanol–water partition coefficient (Wildman–Crippen LogP) is 6.71. The fraction of sp³-hybridized carbons (Fsp3) is 1.00. The Hall–Kier alpha value is 0.150. The van der Waals surface area contributed by atoms with Gasteiger partial charge in [0.2, 0.25) is 0 Å². The summed E-state index contributed by atoms with van der Waals surface area (Å²) in [6, 6.07) is 0. The molecule has 0 amide bonds. The smallest absolute Gasteiger partial charge is 0.306 e. The van der Waals surface area contributed by atoms with Gasteiger partial charge in [-0.25, -0.2) is 0 Å². The molecule has 0 unspecified atom stereocenters. The van der Waals surface area contributed by atoms with Crippen LogP contribution in [0.1, 0.15) is 96.8 Å². The van der Waals surface area contributed by atoms with Crippen molar-refractivity contribution < 1.29 is 13.6 Å². The molecule has 0 N–H and O–H groups in total. The molecule has 0 aliphatic carbocycles. The minimum atomic E-state index is -2.65. The summed E-state index contributed by atoms with van der Waals surface area (Å²) in [6.07, 6.45) is 19.4. The first-order valence-electron chi connectivity index (χ1n) is 9.65. The second kappa shape index (κ2) is 13.6. The minimum absolute atomic E-state index is 0.510. The number of unbranched alkanes of at least 4 members (excludes halogenated alkanes) is 13. The second-order valence-electron chi connectivity index (χ2n) is 6.60. The molecule has 0 spiro atoms. The van der Waals surface area contributed by atoms with Crippen LogP contribution in [0, 0.1) is 0 Å². The van der Waals surface area contributed by atoms with Gasteiger partial charge in [-0.2, -0.15) is 0 Å². The Morgan fingerprint density at radius 3 is 1.41 bits per heavy atom. The van der Waals surface area contributed by atoms with Gasteiger partial charge >= 0.3 is 7.60 Å². The maximum absolute atomic E-state index is 11.9. The third-order valence-corrected chi connectivity index (χ3v) is 6.46. The Morgan fingerprint density at radius 2 is 1.00 bits per heavy atom. The first kappa shape index (κ1) is 20.2. The van der Waals surface area contributed by atoms with E-state index in [1.54, 1.807) is 0 Å². The standard InChI is InChI=1S/C18H37O3P/c1-2-3-4-5-6-7-8-9-10-11-12-13-14-15-18-22(19)20-16-17-21-22/h2-18H2,1H3. The van der Waals surface area contributed by atoms with Crippen LogP contribution in [0.4, 0.5) is 0 Å². The third kappa shape index (κ3) is 10.8. The van der Waals surface area contributed by atoms with Crippen LogP contribution in [0.5, 0.6) is 0 Å². The van der Waals surface area contributed by atoms with Crippen molar-refractivity contribution in [3.8, 4) is 0 Å². The van der Waals surface area contributed by atoms with E-state index in [1.165, 1.54) is 77.0 Å². The summed E-state index contributed by atoms with van der Waals surface area (Å²) in [7, 11) is -2.65. The Labute approximate surface area is 138 Å². The van der Waals surface area contributed by atoms with Gasteiger partial charge in [0.1, 0.15) is 0 Å². The summed E-state index contributed by atoms with van der Waals surface area (Å²) in [5.41, 5.74) is 0. The maximum atomic E-state index is 11.9. The summed E-state index contributed by atoms with van der Waals surface area (Å²) in [5, 5.41) is 0. The van der Waals surface area contributed by atoms with Crippen molar-refractivity contribution in [3.63, 3.8) is 0 Å². The fourth-order valence-corrected chi connectivity index (χ4v) is 4.67. The highest BCUT2D eigenvalue weighted by molar-refractivity contribution is 7.54. The molecule has 0 bridgehead atoms. The summed E-state index contributed by atoms with van der Waals surface area (Å²) < 4.78 is 22.3. The Balaban J connectivity index is 1.72. The van der Waals surface area contributed by atoms with E-state index in [4.69, 9.17) is 9.05 Å². The summed E-state index contributed by atoms with van der Waals surface area (Å²) in [4.78, 5) is 0. The highest BCUT2D eigenvalue weighted by Gasteiger charge is 2.28. The van der Waals surface area contributed by atoms with Crippen molar-refractivity contribution in [1.29, 1.82) is 0 Å². The van der Waals surface area contributed by atoms with Gasteiger partial charge in [0.25, 0.3) is 0 Å². The summed E-state index contributed by atoms with van der Waals surface area (Å²) >= 11 is 0. The number of hydrogen-bond donors (Lipinski definition) is 0. The minimum Gasteiger partial charge on any atom is -0.306 e. The van der Waals surface area contributed by atoms with E-state index in [0.717, 1.165) is 12.8 Å². The fourth-order valence-electron chi connectivity index (χ4n) is 3.02. The van der Waals surface area contributed by atoms with Crippen LogP contribution >= 0.6 is 7.60 Å². The molecule has 132 valence electrons. The van der Waals surface area contributed by atoms with Crippen molar-refractivity contribution in [2.45, 2.75) is 96.8 Å². The molecule has 1 aliphatic heterocycles. The molecule has 0 aromatic carbocycles. The van der Waals surface area contributed by atoms with Crippen LogP contribution in [0.25, 0.3) is 0 Å². The Bertz CT molecular complexity index is 284. The van der Waals surface area contributed by atoms with Crippen LogP contribution < -0.4 is 0 Å². The lowest BCUT2D eigenvalue weighted by molar-refractivity contribution is 0.350. The highest BCUT2D eigenvalue weighted by Crippen LogP contribution is 2.52. The van der Waals surface area contributed by atoms with Gasteiger partial charge in [-0.05, 0) is 6.42 Å². The van der Waals surface area contributed by atoms with E-state index in [0.29, 0.717) is 19.4 Å². The molecule has 22 heavy (non-hydrogen) atoms. The number of hydrogen-bond acceptors (Lipinski definition) is 3. The molecule has 0 aromatic heterocycles. The average molecular weight is 332 g/mol. The Kier molecular flexibility index (Phi) is 12.5. The van der Waals surface area contributed by atoms with E-state index in [9.17, 15) is 4.57 Å². The SMILES string of the molecule is CCCCCCCCCCCCCCCCP1(=O)OCCO1. The van der Waals surface area contributed by atoms with Crippen molar-refractivity contribution in [2.75, 3.05) is 19.4 Å².